The van der Waals surface area contributed by atoms with Gasteiger partial charge in [0.2, 0.25) is 0 Å². The smallest absolute Gasteiger partial charge is 0.0672 e. The summed E-state index contributed by atoms with van der Waals surface area (Å²) in [7, 11) is 3.80. The lowest BCUT2D eigenvalue weighted by Crippen LogP contribution is -2.12. The van der Waals surface area contributed by atoms with Gasteiger partial charge in [-0.15, -0.1) is 0 Å². The third-order valence-electron chi connectivity index (χ3n) is 2.69. The predicted octanol–water partition coefficient (Wildman–Crippen LogP) is 0.764. The van der Waals surface area contributed by atoms with Gasteiger partial charge < -0.3 is 5.73 Å². The summed E-state index contributed by atoms with van der Waals surface area (Å²) in [6.07, 6.45) is 6.62. The van der Waals surface area contributed by atoms with Gasteiger partial charge in [-0.1, -0.05) is 6.92 Å². The average Bonchev–Trinajstić information content (AvgIpc) is 2.83. The molecule has 1 atom stereocenters. The second kappa shape index (κ2) is 4.09. The van der Waals surface area contributed by atoms with Crippen LogP contribution in [-0.2, 0) is 20.5 Å². The summed E-state index contributed by atoms with van der Waals surface area (Å²) in [4.78, 5) is 0. The molecule has 5 heteroatoms. The number of aryl methyl sites for hydroxylation is 3. The van der Waals surface area contributed by atoms with Gasteiger partial charge >= 0.3 is 0 Å². The van der Waals surface area contributed by atoms with E-state index in [1.54, 1.807) is 10.9 Å². The Balaban J connectivity index is 2.36. The molecule has 0 aliphatic heterocycles. The van der Waals surface area contributed by atoms with E-state index in [1.165, 1.54) is 0 Å². The van der Waals surface area contributed by atoms with Crippen LogP contribution in [0.25, 0.3) is 0 Å². The Morgan fingerprint density at radius 1 is 1.31 bits per heavy atom. The number of rotatable bonds is 3. The van der Waals surface area contributed by atoms with Crippen LogP contribution in [0.15, 0.2) is 18.6 Å². The topological polar surface area (TPSA) is 61.7 Å². The first-order chi connectivity index (χ1) is 7.61. The van der Waals surface area contributed by atoms with Gasteiger partial charge in [-0.25, -0.2) is 0 Å². The minimum Gasteiger partial charge on any atom is -0.320 e. The Hall–Kier alpha value is -1.62. The van der Waals surface area contributed by atoms with Crippen molar-refractivity contribution in [2.24, 2.45) is 19.8 Å². The molecule has 0 amide bonds. The van der Waals surface area contributed by atoms with Crippen LogP contribution in [0.3, 0.4) is 0 Å². The van der Waals surface area contributed by atoms with E-state index >= 15 is 0 Å². The third-order valence-corrected chi connectivity index (χ3v) is 2.69. The predicted molar refractivity (Wildman–Crippen MR) is 61.8 cm³/mol. The van der Waals surface area contributed by atoms with Crippen LogP contribution in [0.1, 0.15) is 29.8 Å². The molecule has 16 heavy (non-hydrogen) atoms. The van der Waals surface area contributed by atoms with Crippen molar-refractivity contribution in [2.75, 3.05) is 0 Å². The fraction of sp³-hybridized carbons (Fsp3) is 0.455. The molecule has 2 heterocycles. The average molecular weight is 219 g/mol. The van der Waals surface area contributed by atoms with E-state index in [0.29, 0.717) is 0 Å². The molecule has 0 aliphatic rings. The zero-order valence-corrected chi connectivity index (χ0v) is 9.88. The monoisotopic (exact) mass is 219 g/mol. The molecule has 0 aliphatic carbocycles. The molecule has 2 N–H and O–H groups in total. The maximum atomic E-state index is 6.21. The highest BCUT2D eigenvalue weighted by atomic mass is 15.3. The fourth-order valence-corrected chi connectivity index (χ4v) is 1.87. The van der Waals surface area contributed by atoms with Crippen molar-refractivity contribution in [3.63, 3.8) is 0 Å². The molecule has 86 valence electrons. The highest BCUT2D eigenvalue weighted by molar-refractivity contribution is 5.30. The Morgan fingerprint density at radius 3 is 2.62 bits per heavy atom. The summed E-state index contributed by atoms with van der Waals surface area (Å²) in [6, 6.07) is -0.141. The van der Waals surface area contributed by atoms with E-state index < -0.39 is 0 Å². The van der Waals surface area contributed by atoms with E-state index in [0.717, 1.165) is 23.2 Å². The lowest BCUT2D eigenvalue weighted by molar-refractivity contribution is 0.746. The first kappa shape index (κ1) is 10.9. The normalized spacial score (nSPS) is 13.0. The molecule has 2 aromatic heterocycles. The van der Waals surface area contributed by atoms with Crippen molar-refractivity contribution >= 4 is 0 Å². The fourth-order valence-electron chi connectivity index (χ4n) is 1.87. The van der Waals surface area contributed by atoms with Crippen LogP contribution >= 0.6 is 0 Å². The summed E-state index contributed by atoms with van der Waals surface area (Å²) in [5, 5.41) is 8.53. The van der Waals surface area contributed by atoms with Gasteiger partial charge in [-0.3, -0.25) is 9.36 Å². The molecule has 0 saturated heterocycles. The SMILES string of the molecule is CCc1nn(C)cc1C(N)c1cnn(C)c1. The minimum absolute atomic E-state index is 0.141. The third kappa shape index (κ3) is 1.86. The molecule has 0 aromatic carbocycles. The van der Waals surface area contributed by atoms with Crippen molar-refractivity contribution in [3.8, 4) is 0 Å². The van der Waals surface area contributed by atoms with Crippen molar-refractivity contribution in [3.05, 3.63) is 35.4 Å². The van der Waals surface area contributed by atoms with E-state index in [1.807, 2.05) is 31.2 Å². The largest absolute Gasteiger partial charge is 0.320 e. The van der Waals surface area contributed by atoms with Crippen LogP contribution in [-0.4, -0.2) is 19.6 Å². The van der Waals surface area contributed by atoms with Crippen molar-refractivity contribution < 1.29 is 0 Å². The second-order valence-corrected chi connectivity index (χ2v) is 3.98. The highest BCUT2D eigenvalue weighted by Gasteiger charge is 2.16. The van der Waals surface area contributed by atoms with Crippen LogP contribution < -0.4 is 5.73 Å². The van der Waals surface area contributed by atoms with Gasteiger partial charge in [0.05, 0.1) is 17.9 Å². The van der Waals surface area contributed by atoms with Gasteiger partial charge in [0.1, 0.15) is 0 Å². The zero-order chi connectivity index (χ0) is 11.7. The van der Waals surface area contributed by atoms with Crippen LogP contribution in [0.4, 0.5) is 0 Å². The van der Waals surface area contributed by atoms with Gasteiger partial charge in [0, 0.05) is 37.6 Å². The van der Waals surface area contributed by atoms with Gasteiger partial charge in [0.25, 0.3) is 0 Å². The lowest BCUT2D eigenvalue weighted by Gasteiger charge is -2.08. The number of nitrogens with zero attached hydrogens (tertiary/aromatic N) is 4. The van der Waals surface area contributed by atoms with Crippen molar-refractivity contribution in [1.29, 1.82) is 0 Å². The minimum atomic E-state index is -0.141. The summed E-state index contributed by atoms with van der Waals surface area (Å²) in [5.41, 5.74) is 9.37. The van der Waals surface area contributed by atoms with Crippen LogP contribution in [0.2, 0.25) is 0 Å². The molecule has 2 rings (SSSR count). The van der Waals surface area contributed by atoms with Gasteiger partial charge in [-0.05, 0) is 6.42 Å². The molecular formula is C11H17N5. The molecule has 1 unspecified atom stereocenters. The van der Waals surface area contributed by atoms with Crippen molar-refractivity contribution in [2.45, 2.75) is 19.4 Å². The van der Waals surface area contributed by atoms with E-state index in [2.05, 4.69) is 17.1 Å². The standard InChI is InChI=1S/C11H17N5/c1-4-10-9(7-16(3)14-10)11(12)8-5-13-15(2)6-8/h5-7,11H,4,12H2,1-3H3. The van der Waals surface area contributed by atoms with Crippen molar-refractivity contribution in [1.82, 2.24) is 19.6 Å². The van der Waals surface area contributed by atoms with Crippen LogP contribution in [0, 0.1) is 0 Å². The second-order valence-electron chi connectivity index (χ2n) is 3.98. The Bertz CT molecular complexity index is 482. The van der Waals surface area contributed by atoms with E-state index in [9.17, 15) is 0 Å². The first-order valence-corrected chi connectivity index (χ1v) is 5.38. The molecular weight excluding hydrogens is 202 g/mol. The lowest BCUT2D eigenvalue weighted by atomic mass is 10.0. The van der Waals surface area contributed by atoms with E-state index in [-0.39, 0.29) is 6.04 Å². The molecule has 0 saturated carbocycles. The maximum absolute atomic E-state index is 6.21. The van der Waals surface area contributed by atoms with Crippen LogP contribution in [0.5, 0.6) is 0 Å². The maximum Gasteiger partial charge on any atom is 0.0672 e. The van der Waals surface area contributed by atoms with Gasteiger partial charge in [0.15, 0.2) is 0 Å². The van der Waals surface area contributed by atoms with Gasteiger partial charge in [-0.2, -0.15) is 10.2 Å². The first-order valence-electron chi connectivity index (χ1n) is 5.38. The zero-order valence-electron chi connectivity index (χ0n) is 9.88. The Labute approximate surface area is 94.9 Å². The number of hydrogen-bond acceptors (Lipinski definition) is 3. The molecule has 0 fully saturated rings. The molecule has 0 spiro atoms. The number of nitrogens with two attached hydrogens (primary N) is 1. The summed E-state index contributed by atoms with van der Waals surface area (Å²) in [5.74, 6) is 0. The Morgan fingerprint density at radius 2 is 2.06 bits per heavy atom. The summed E-state index contributed by atoms with van der Waals surface area (Å²) < 4.78 is 3.57. The summed E-state index contributed by atoms with van der Waals surface area (Å²) >= 11 is 0. The number of aromatic nitrogens is 4. The number of hydrogen-bond donors (Lipinski definition) is 1. The summed E-state index contributed by atoms with van der Waals surface area (Å²) in [6.45, 7) is 2.09. The molecule has 0 bridgehead atoms. The highest BCUT2D eigenvalue weighted by Crippen LogP contribution is 2.21. The van der Waals surface area contributed by atoms with E-state index in [4.69, 9.17) is 5.73 Å². The molecule has 0 radical (unpaired) electrons. The molecule has 2 aromatic rings. The Kier molecular flexibility index (Phi) is 2.78. The quantitative estimate of drug-likeness (QED) is 0.829. The molecule has 5 nitrogen and oxygen atoms in total.